The van der Waals surface area contributed by atoms with Gasteiger partial charge in [-0.25, -0.2) is 4.39 Å². The van der Waals surface area contributed by atoms with E-state index in [1.807, 2.05) is 6.92 Å². The lowest BCUT2D eigenvalue weighted by atomic mass is 10.1. The van der Waals surface area contributed by atoms with Crippen molar-refractivity contribution >= 4 is 28.4 Å². The summed E-state index contributed by atoms with van der Waals surface area (Å²) < 4.78 is 18.9. The normalized spacial score (nSPS) is 10.9. The average Bonchev–Trinajstić information content (AvgIpc) is 2.83. The first kappa shape index (κ1) is 12.9. The van der Waals surface area contributed by atoms with Crippen molar-refractivity contribution in [2.45, 2.75) is 6.92 Å². The van der Waals surface area contributed by atoms with E-state index in [2.05, 4.69) is 0 Å². The van der Waals surface area contributed by atoms with Gasteiger partial charge in [-0.05, 0) is 36.8 Å². The van der Waals surface area contributed by atoms with Gasteiger partial charge in [0.1, 0.15) is 0 Å². The number of benzene rings is 2. The van der Waals surface area contributed by atoms with E-state index in [0.717, 1.165) is 5.56 Å². The maximum atomic E-state index is 13.6. The van der Waals surface area contributed by atoms with Gasteiger partial charge in [0.25, 0.3) is 0 Å². The molecule has 0 aliphatic heterocycles. The van der Waals surface area contributed by atoms with Crippen LogP contribution in [0.2, 0.25) is 5.02 Å². The van der Waals surface area contributed by atoms with Gasteiger partial charge in [0.15, 0.2) is 17.2 Å². The number of carbonyl (C=O) groups is 1. The molecule has 0 amide bonds. The monoisotopic (exact) mass is 288 g/mol. The first-order valence-electron chi connectivity index (χ1n) is 6.05. The molecule has 0 saturated heterocycles. The summed E-state index contributed by atoms with van der Waals surface area (Å²) in [5.41, 5.74) is 1.39. The number of hydrogen-bond donors (Lipinski definition) is 0. The Morgan fingerprint density at radius 1 is 1.20 bits per heavy atom. The van der Waals surface area contributed by atoms with E-state index in [0.29, 0.717) is 16.0 Å². The topological polar surface area (TPSA) is 30.2 Å². The van der Waals surface area contributed by atoms with E-state index in [4.69, 9.17) is 16.0 Å². The minimum atomic E-state index is -0.489. The van der Waals surface area contributed by atoms with Crippen molar-refractivity contribution in [1.29, 1.82) is 0 Å². The van der Waals surface area contributed by atoms with Gasteiger partial charge in [0, 0.05) is 10.9 Å². The zero-order chi connectivity index (χ0) is 14.3. The van der Waals surface area contributed by atoms with E-state index >= 15 is 0 Å². The Kier molecular flexibility index (Phi) is 3.07. The predicted molar refractivity (Wildman–Crippen MR) is 75.8 cm³/mol. The number of hydrogen-bond acceptors (Lipinski definition) is 2. The zero-order valence-electron chi connectivity index (χ0n) is 10.6. The number of halogens is 2. The van der Waals surface area contributed by atoms with Crippen LogP contribution in [-0.2, 0) is 0 Å². The molecule has 0 unspecified atom stereocenters. The van der Waals surface area contributed by atoms with Gasteiger partial charge >= 0.3 is 0 Å². The smallest absolute Gasteiger partial charge is 0.229 e. The largest absolute Gasteiger partial charge is 0.449 e. The molecule has 1 aromatic heterocycles. The van der Waals surface area contributed by atoms with Gasteiger partial charge < -0.3 is 4.42 Å². The van der Waals surface area contributed by atoms with Crippen molar-refractivity contribution in [2.24, 2.45) is 0 Å². The molecule has 0 aliphatic carbocycles. The molecular formula is C16H10ClFO2. The molecule has 1 heterocycles. The second kappa shape index (κ2) is 4.76. The summed E-state index contributed by atoms with van der Waals surface area (Å²) in [7, 11) is 0. The highest BCUT2D eigenvalue weighted by atomic mass is 35.5. The first-order chi connectivity index (χ1) is 9.56. The van der Waals surface area contributed by atoms with Crippen LogP contribution in [0, 0.1) is 12.7 Å². The number of furan rings is 1. The molecule has 100 valence electrons. The molecule has 4 heteroatoms. The third-order valence-electron chi connectivity index (χ3n) is 3.09. The van der Waals surface area contributed by atoms with Gasteiger partial charge in [0.2, 0.25) is 5.78 Å². The van der Waals surface area contributed by atoms with Crippen LogP contribution in [0.4, 0.5) is 4.39 Å². The number of rotatable bonds is 2. The molecule has 20 heavy (non-hydrogen) atoms. The van der Waals surface area contributed by atoms with Crippen molar-refractivity contribution in [3.63, 3.8) is 0 Å². The highest BCUT2D eigenvalue weighted by molar-refractivity contribution is 6.35. The van der Waals surface area contributed by atoms with Crippen LogP contribution in [0.3, 0.4) is 0 Å². The molecule has 0 N–H and O–H groups in total. The molecule has 0 atom stereocenters. The number of ketones is 1. The van der Waals surface area contributed by atoms with E-state index in [-0.39, 0.29) is 17.1 Å². The summed E-state index contributed by atoms with van der Waals surface area (Å²) in [5.74, 6) is -0.766. The Morgan fingerprint density at radius 3 is 2.70 bits per heavy atom. The average molecular weight is 289 g/mol. The molecule has 0 spiro atoms. The molecule has 0 bridgehead atoms. The molecule has 3 rings (SSSR count). The fourth-order valence-electron chi connectivity index (χ4n) is 2.08. The number of fused-ring (bicyclic) bond motifs is 1. The second-order valence-electron chi connectivity index (χ2n) is 4.58. The van der Waals surface area contributed by atoms with E-state index in [9.17, 15) is 9.18 Å². The molecule has 3 aromatic rings. The molecule has 0 radical (unpaired) electrons. The third-order valence-corrected chi connectivity index (χ3v) is 3.40. The Morgan fingerprint density at radius 2 is 2.00 bits per heavy atom. The number of aryl methyl sites for hydroxylation is 1. The van der Waals surface area contributed by atoms with Gasteiger partial charge in [-0.3, -0.25) is 4.79 Å². The minimum Gasteiger partial charge on any atom is -0.449 e. The Balaban J connectivity index is 2.10. The Bertz CT molecular complexity index is 820. The van der Waals surface area contributed by atoms with E-state index < -0.39 is 5.82 Å². The Labute approximate surface area is 119 Å². The van der Waals surface area contributed by atoms with Crippen LogP contribution < -0.4 is 0 Å². The summed E-state index contributed by atoms with van der Waals surface area (Å²) >= 11 is 6.07. The van der Waals surface area contributed by atoms with Crippen molar-refractivity contribution in [3.8, 4) is 0 Å². The lowest BCUT2D eigenvalue weighted by Gasteiger charge is -2.02. The third kappa shape index (κ3) is 2.10. The Hall–Kier alpha value is -2.13. The van der Waals surface area contributed by atoms with Crippen LogP contribution in [0.1, 0.15) is 21.7 Å². The molecule has 0 aliphatic rings. The minimum absolute atomic E-state index is 0.0795. The molecular weight excluding hydrogens is 279 g/mol. The molecule has 2 nitrogen and oxygen atoms in total. The fraction of sp³-hybridized carbons (Fsp3) is 0.0625. The predicted octanol–water partition coefficient (Wildman–Crippen LogP) is 4.76. The maximum Gasteiger partial charge on any atom is 0.229 e. The van der Waals surface area contributed by atoms with Crippen LogP contribution in [0.15, 0.2) is 46.9 Å². The van der Waals surface area contributed by atoms with Crippen LogP contribution in [0.5, 0.6) is 0 Å². The first-order valence-corrected chi connectivity index (χ1v) is 6.43. The second-order valence-corrected chi connectivity index (χ2v) is 4.99. The fourth-order valence-corrected chi connectivity index (χ4v) is 2.40. The van der Waals surface area contributed by atoms with Crippen molar-refractivity contribution in [2.75, 3.05) is 0 Å². The van der Waals surface area contributed by atoms with Gasteiger partial charge in [-0.1, -0.05) is 29.8 Å². The highest BCUT2D eigenvalue weighted by Crippen LogP contribution is 2.26. The molecule has 0 saturated carbocycles. The zero-order valence-corrected chi connectivity index (χ0v) is 11.4. The molecule has 0 fully saturated rings. The van der Waals surface area contributed by atoms with E-state index in [1.165, 1.54) is 12.1 Å². The number of para-hydroxylation sites is 1. The summed E-state index contributed by atoms with van der Waals surface area (Å²) in [6.45, 7) is 1.89. The van der Waals surface area contributed by atoms with E-state index in [1.54, 1.807) is 30.3 Å². The quantitative estimate of drug-likeness (QED) is 0.636. The standard InChI is InChI=1S/C16H10ClFO2/c1-9-5-6-11(12(17)7-9)15(19)14-8-10-3-2-4-13(18)16(10)20-14/h2-8H,1H3. The van der Waals surface area contributed by atoms with Gasteiger partial charge in [-0.15, -0.1) is 0 Å². The summed E-state index contributed by atoms with van der Waals surface area (Å²) in [5, 5.41) is 0.910. The van der Waals surface area contributed by atoms with Crippen LogP contribution in [0.25, 0.3) is 11.0 Å². The lowest BCUT2D eigenvalue weighted by molar-refractivity contribution is 0.101. The molecule has 2 aromatic carbocycles. The summed E-state index contributed by atoms with van der Waals surface area (Å²) in [4.78, 5) is 12.4. The number of carbonyl (C=O) groups excluding carboxylic acids is 1. The van der Waals surface area contributed by atoms with Crippen LogP contribution >= 0.6 is 11.6 Å². The van der Waals surface area contributed by atoms with Gasteiger partial charge in [-0.2, -0.15) is 0 Å². The summed E-state index contributed by atoms with van der Waals surface area (Å²) in [6, 6.07) is 11.2. The SMILES string of the molecule is Cc1ccc(C(=O)c2cc3cccc(F)c3o2)c(Cl)c1. The van der Waals surface area contributed by atoms with Crippen LogP contribution in [-0.4, -0.2) is 5.78 Å². The summed E-state index contributed by atoms with van der Waals surface area (Å²) in [6.07, 6.45) is 0. The maximum absolute atomic E-state index is 13.6. The van der Waals surface area contributed by atoms with Crippen molar-refractivity contribution < 1.29 is 13.6 Å². The van der Waals surface area contributed by atoms with Crippen molar-refractivity contribution in [3.05, 3.63) is 70.2 Å². The van der Waals surface area contributed by atoms with Gasteiger partial charge in [0.05, 0.1) is 5.02 Å². The highest BCUT2D eigenvalue weighted by Gasteiger charge is 2.18. The van der Waals surface area contributed by atoms with Crippen molar-refractivity contribution in [1.82, 2.24) is 0 Å². The lowest BCUT2D eigenvalue weighted by Crippen LogP contribution is -2.00.